The van der Waals surface area contributed by atoms with E-state index < -0.39 is 18.6 Å². The van der Waals surface area contributed by atoms with Gasteiger partial charge in [0.25, 0.3) is 0 Å². The van der Waals surface area contributed by atoms with Gasteiger partial charge in [-0.2, -0.15) is 13.2 Å². The Balaban J connectivity index is 3.65. The number of nitrogens with one attached hydrogen (secondary N) is 2. The summed E-state index contributed by atoms with van der Waals surface area (Å²) in [6.07, 6.45) is -4.63. The SMILES string of the molecule is COCC(CNC(=O)CNCC(F)(F)F)OC. The third kappa shape index (κ3) is 10.0. The fraction of sp³-hybridized carbons (Fsp3) is 0.889. The van der Waals surface area contributed by atoms with E-state index in [9.17, 15) is 18.0 Å². The third-order valence-electron chi connectivity index (χ3n) is 1.82. The zero-order chi connectivity index (χ0) is 13.3. The number of rotatable bonds is 8. The average molecular weight is 258 g/mol. The average Bonchev–Trinajstić information content (AvgIpc) is 2.22. The van der Waals surface area contributed by atoms with Crippen molar-refractivity contribution in [1.29, 1.82) is 0 Å². The maximum Gasteiger partial charge on any atom is 0.401 e. The molecule has 0 aliphatic rings. The van der Waals surface area contributed by atoms with Crippen molar-refractivity contribution in [2.45, 2.75) is 12.3 Å². The first-order chi connectivity index (χ1) is 7.89. The second-order valence-corrected chi connectivity index (χ2v) is 3.34. The monoisotopic (exact) mass is 258 g/mol. The maximum absolute atomic E-state index is 11.7. The van der Waals surface area contributed by atoms with Gasteiger partial charge in [0, 0.05) is 20.8 Å². The highest BCUT2D eigenvalue weighted by atomic mass is 19.4. The number of halogens is 3. The number of carbonyl (C=O) groups excluding carboxylic acids is 1. The Kier molecular flexibility index (Phi) is 7.85. The Hall–Kier alpha value is -0.860. The van der Waals surface area contributed by atoms with Crippen molar-refractivity contribution in [3.63, 3.8) is 0 Å². The number of hydrogen-bond acceptors (Lipinski definition) is 4. The molecule has 0 aromatic heterocycles. The van der Waals surface area contributed by atoms with Crippen molar-refractivity contribution in [3.05, 3.63) is 0 Å². The number of ether oxygens (including phenoxy) is 2. The summed E-state index contributed by atoms with van der Waals surface area (Å²) in [6.45, 7) is -1.08. The second kappa shape index (κ2) is 8.26. The van der Waals surface area contributed by atoms with Gasteiger partial charge in [0.05, 0.1) is 25.8 Å². The summed E-state index contributed by atoms with van der Waals surface area (Å²) in [5.41, 5.74) is 0. The minimum atomic E-state index is -4.31. The Morgan fingerprint density at radius 1 is 1.35 bits per heavy atom. The molecule has 0 rings (SSSR count). The van der Waals surface area contributed by atoms with E-state index in [2.05, 4.69) is 5.32 Å². The van der Waals surface area contributed by atoms with Crippen LogP contribution in [0.25, 0.3) is 0 Å². The zero-order valence-corrected chi connectivity index (χ0v) is 9.76. The third-order valence-corrected chi connectivity index (χ3v) is 1.82. The summed E-state index contributed by atoms with van der Waals surface area (Å²) in [5.74, 6) is -0.521. The minimum Gasteiger partial charge on any atom is -0.382 e. The van der Waals surface area contributed by atoms with Crippen LogP contribution in [0.4, 0.5) is 13.2 Å². The lowest BCUT2D eigenvalue weighted by molar-refractivity contribution is -0.128. The molecular weight excluding hydrogens is 241 g/mol. The molecule has 0 aromatic rings. The lowest BCUT2D eigenvalue weighted by Crippen LogP contribution is -2.42. The molecule has 0 aliphatic carbocycles. The van der Waals surface area contributed by atoms with Gasteiger partial charge in [0.2, 0.25) is 5.91 Å². The predicted molar refractivity (Wildman–Crippen MR) is 54.6 cm³/mol. The topological polar surface area (TPSA) is 59.6 Å². The van der Waals surface area contributed by atoms with E-state index in [0.717, 1.165) is 0 Å². The molecule has 0 aliphatic heterocycles. The molecule has 17 heavy (non-hydrogen) atoms. The van der Waals surface area contributed by atoms with E-state index in [1.54, 1.807) is 0 Å². The summed E-state index contributed by atoms with van der Waals surface area (Å²) in [6, 6.07) is 0. The molecule has 2 N–H and O–H groups in total. The van der Waals surface area contributed by atoms with Gasteiger partial charge in [-0.05, 0) is 0 Å². The summed E-state index contributed by atoms with van der Waals surface area (Å²) >= 11 is 0. The summed E-state index contributed by atoms with van der Waals surface area (Å²) in [4.78, 5) is 11.1. The van der Waals surface area contributed by atoms with Gasteiger partial charge in [0.1, 0.15) is 0 Å². The summed E-state index contributed by atoms with van der Waals surface area (Å²) < 4.78 is 45.0. The molecule has 8 heteroatoms. The van der Waals surface area contributed by atoms with Gasteiger partial charge in [-0.1, -0.05) is 0 Å². The molecule has 0 saturated carbocycles. The van der Waals surface area contributed by atoms with Crippen molar-refractivity contribution in [3.8, 4) is 0 Å². The molecule has 1 atom stereocenters. The number of hydrogen-bond donors (Lipinski definition) is 2. The quantitative estimate of drug-likeness (QED) is 0.639. The first-order valence-corrected chi connectivity index (χ1v) is 4.95. The van der Waals surface area contributed by atoms with Crippen LogP contribution in [-0.2, 0) is 14.3 Å². The summed E-state index contributed by atoms with van der Waals surface area (Å²) in [7, 11) is 2.94. The van der Waals surface area contributed by atoms with Crippen molar-refractivity contribution in [2.24, 2.45) is 0 Å². The van der Waals surface area contributed by atoms with Crippen LogP contribution in [0, 0.1) is 0 Å². The number of amides is 1. The fourth-order valence-corrected chi connectivity index (χ4v) is 1.00. The Morgan fingerprint density at radius 3 is 2.47 bits per heavy atom. The largest absolute Gasteiger partial charge is 0.401 e. The molecule has 0 radical (unpaired) electrons. The fourth-order valence-electron chi connectivity index (χ4n) is 1.00. The molecule has 0 saturated heterocycles. The van der Waals surface area contributed by atoms with Crippen molar-refractivity contribution >= 4 is 5.91 Å². The van der Waals surface area contributed by atoms with Crippen molar-refractivity contribution in [2.75, 3.05) is 40.5 Å². The maximum atomic E-state index is 11.7. The first-order valence-electron chi connectivity index (χ1n) is 4.95. The van der Waals surface area contributed by atoms with Gasteiger partial charge in [0.15, 0.2) is 0 Å². The van der Waals surface area contributed by atoms with E-state index in [1.807, 2.05) is 5.32 Å². The first kappa shape index (κ1) is 16.1. The molecule has 0 heterocycles. The molecule has 1 unspecified atom stereocenters. The van der Waals surface area contributed by atoms with Crippen LogP contribution in [0.5, 0.6) is 0 Å². The van der Waals surface area contributed by atoms with Gasteiger partial charge in [-0.3, -0.25) is 4.79 Å². The van der Waals surface area contributed by atoms with Crippen molar-refractivity contribution in [1.82, 2.24) is 10.6 Å². The van der Waals surface area contributed by atoms with E-state index in [4.69, 9.17) is 9.47 Å². The summed E-state index contributed by atoms with van der Waals surface area (Å²) in [5, 5.41) is 4.42. The molecule has 0 fully saturated rings. The van der Waals surface area contributed by atoms with E-state index in [1.165, 1.54) is 14.2 Å². The van der Waals surface area contributed by atoms with Crippen LogP contribution in [0.15, 0.2) is 0 Å². The van der Waals surface area contributed by atoms with E-state index in [0.29, 0.717) is 6.61 Å². The minimum absolute atomic E-state index is 0.191. The molecule has 5 nitrogen and oxygen atoms in total. The highest BCUT2D eigenvalue weighted by molar-refractivity contribution is 5.77. The van der Waals surface area contributed by atoms with Crippen LogP contribution in [0.1, 0.15) is 0 Å². The molecule has 0 spiro atoms. The highest BCUT2D eigenvalue weighted by Gasteiger charge is 2.26. The normalized spacial score (nSPS) is 13.5. The van der Waals surface area contributed by atoms with Gasteiger partial charge in [-0.15, -0.1) is 0 Å². The lowest BCUT2D eigenvalue weighted by Gasteiger charge is -2.15. The smallest absolute Gasteiger partial charge is 0.382 e. The zero-order valence-electron chi connectivity index (χ0n) is 9.76. The van der Waals surface area contributed by atoms with E-state index >= 15 is 0 Å². The Bertz CT molecular complexity index is 224. The lowest BCUT2D eigenvalue weighted by atomic mass is 10.3. The van der Waals surface area contributed by atoms with Gasteiger partial charge >= 0.3 is 6.18 Å². The molecule has 0 aromatic carbocycles. The van der Waals surface area contributed by atoms with Crippen LogP contribution in [-0.4, -0.2) is 58.6 Å². The highest BCUT2D eigenvalue weighted by Crippen LogP contribution is 2.11. The van der Waals surface area contributed by atoms with Crippen LogP contribution in [0.2, 0.25) is 0 Å². The van der Waals surface area contributed by atoms with Crippen molar-refractivity contribution < 1.29 is 27.4 Å². The van der Waals surface area contributed by atoms with Gasteiger partial charge < -0.3 is 20.1 Å². The molecule has 102 valence electrons. The molecule has 1 amide bonds. The number of carbonyl (C=O) groups is 1. The second-order valence-electron chi connectivity index (χ2n) is 3.34. The Labute approximate surface area is 97.6 Å². The van der Waals surface area contributed by atoms with E-state index in [-0.39, 0.29) is 19.2 Å². The number of methoxy groups -OCH3 is 2. The van der Waals surface area contributed by atoms with Gasteiger partial charge in [-0.25, -0.2) is 0 Å². The number of alkyl halides is 3. The standard InChI is InChI=1S/C9H17F3N2O3/c1-16-5-7(17-2)3-14-8(15)4-13-6-9(10,11)12/h7,13H,3-6H2,1-2H3,(H,14,15). The van der Waals surface area contributed by atoms with Crippen LogP contribution >= 0.6 is 0 Å². The molecule has 0 bridgehead atoms. The van der Waals surface area contributed by atoms with Crippen LogP contribution < -0.4 is 10.6 Å². The predicted octanol–water partition coefficient (Wildman–Crippen LogP) is -0.0841. The molecular formula is C9H17F3N2O3. The van der Waals surface area contributed by atoms with Crippen LogP contribution in [0.3, 0.4) is 0 Å². The Morgan fingerprint density at radius 2 is 2.00 bits per heavy atom.